The summed E-state index contributed by atoms with van der Waals surface area (Å²) in [7, 11) is 0. The van der Waals surface area contributed by atoms with Gasteiger partial charge in [0.25, 0.3) is 0 Å². The highest BCUT2D eigenvalue weighted by Gasteiger charge is 2.40. The lowest BCUT2D eigenvalue weighted by atomic mass is 10.1. The molecule has 62 valence electrons. The molecule has 12 heavy (non-hydrogen) atoms. The molecule has 0 amide bonds. The molecule has 1 atom stereocenters. The molecule has 0 saturated heterocycles. The predicted octanol–water partition coefficient (Wildman–Crippen LogP) is 1.42. The maximum Gasteiger partial charge on any atom is 0.183 e. The van der Waals surface area contributed by atoms with Crippen LogP contribution < -0.4 is 0 Å². The zero-order chi connectivity index (χ0) is 8.13. The van der Waals surface area contributed by atoms with Crippen molar-refractivity contribution in [2.24, 2.45) is 5.92 Å². The minimum Gasteiger partial charge on any atom is -0.292 e. The Bertz CT molecular complexity index is 338. The summed E-state index contributed by atoms with van der Waals surface area (Å²) in [4.78, 5) is 11.4. The van der Waals surface area contributed by atoms with Crippen molar-refractivity contribution >= 4 is 5.78 Å². The van der Waals surface area contributed by atoms with Gasteiger partial charge in [0.15, 0.2) is 5.78 Å². The van der Waals surface area contributed by atoms with E-state index in [9.17, 15) is 4.79 Å². The molecule has 2 heterocycles. The molecule has 0 N–H and O–H groups in total. The van der Waals surface area contributed by atoms with Crippen LogP contribution in [0.2, 0.25) is 0 Å². The second-order valence-electron chi connectivity index (χ2n) is 3.69. The summed E-state index contributed by atoms with van der Waals surface area (Å²) >= 11 is 0. The van der Waals surface area contributed by atoms with Crippen molar-refractivity contribution in [1.82, 2.24) is 9.78 Å². The molecule has 0 spiro atoms. The van der Waals surface area contributed by atoms with Gasteiger partial charge in [0, 0.05) is 12.6 Å². The van der Waals surface area contributed by atoms with E-state index in [1.807, 2.05) is 10.7 Å². The fraction of sp³-hybridized carbons (Fsp3) is 0.556. The van der Waals surface area contributed by atoms with Crippen LogP contribution in [0.4, 0.5) is 0 Å². The Labute approximate surface area is 70.4 Å². The van der Waals surface area contributed by atoms with E-state index in [-0.39, 0.29) is 5.78 Å². The van der Waals surface area contributed by atoms with E-state index >= 15 is 0 Å². The Balaban J connectivity index is 2.06. The van der Waals surface area contributed by atoms with E-state index in [0.29, 0.717) is 12.5 Å². The van der Waals surface area contributed by atoms with Gasteiger partial charge >= 0.3 is 0 Å². The van der Waals surface area contributed by atoms with Gasteiger partial charge in [-0.25, -0.2) is 0 Å². The Morgan fingerprint density at radius 1 is 1.50 bits per heavy atom. The van der Waals surface area contributed by atoms with Gasteiger partial charge in [-0.05, 0) is 24.8 Å². The number of nitrogens with zero attached hydrogens (tertiary/aromatic N) is 2. The van der Waals surface area contributed by atoms with E-state index in [2.05, 4.69) is 5.10 Å². The van der Waals surface area contributed by atoms with Crippen molar-refractivity contribution in [2.45, 2.75) is 25.3 Å². The smallest absolute Gasteiger partial charge is 0.183 e. The quantitative estimate of drug-likeness (QED) is 0.626. The van der Waals surface area contributed by atoms with Crippen LogP contribution in [0, 0.1) is 5.92 Å². The number of fused-ring (bicyclic) bond motifs is 1. The molecular formula is C9H10N2O. The first kappa shape index (κ1) is 6.40. The van der Waals surface area contributed by atoms with Crippen molar-refractivity contribution < 1.29 is 4.79 Å². The first-order valence-electron chi connectivity index (χ1n) is 4.43. The first-order valence-corrected chi connectivity index (χ1v) is 4.43. The molecule has 2 aliphatic rings. The molecule has 0 bridgehead atoms. The Kier molecular flexibility index (Phi) is 1.05. The number of hydrogen-bond acceptors (Lipinski definition) is 2. The highest BCUT2D eigenvalue weighted by Crippen LogP contribution is 2.44. The van der Waals surface area contributed by atoms with Gasteiger partial charge in [0.05, 0.1) is 6.04 Å². The topological polar surface area (TPSA) is 34.9 Å². The van der Waals surface area contributed by atoms with Gasteiger partial charge in [-0.15, -0.1) is 0 Å². The average molecular weight is 162 g/mol. The number of carbonyl (C=O) groups excluding carboxylic acids is 1. The van der Waals surface area contributed by atoms with Gasteiger partial charge in [0.1, 0.15) is 5.69 Å². The molecule has 1 unspecified atom stereocenters. The van der Waals surface area contributed by atoms with Crippen LogP contribution in [0.1, 0.15) is 35.8 Å². The largest absolute Gasteiger partial charge is 0.292 e. The van der Waals surface area contributed by atoms with E-state index in [0.717, 1.165) is 11.6 Å². The van der Waals surface area contributed by atoms with Gasteiger partial charge in [-0.3, -0.25) is 9.48 Å². The summed E-state index contributed by atoms with van der Waals surface area (Å²) in [5, 5.41) is 4.19. The van der Waals surface area contributed by atoms with Crippen LogP contribution >= 0.6 is 0 Å². The SMILES string of the molecule is O=C1CC(C2CC2)n2nccc21. The summed E-state index contributed by atoms with van der Waals surface area (Å²) in [5.41, 5.74) is 0.812. The minimum atomic E-state index is 0.268. The van der Waals surface area contributed by atoms with Crippen LogP contribution in [-0.2, 0) is 0 Å². The molecule has 1 saturated carbocycles. The lowest BCUT2D eigenvalue weighted by molar-refractivity contribution is 0.0986. The van der Waals surface area contributed by atoms with Crippen molar-refractivity contribution in [3.05, 3.63) is 18.0 Å². The second kappa shape index (κ2) is 1.97. The second-order valence-corrected chi connectivity index (χ2v) is 3.69. The molecule has 1 aromatic heterocycles. The van der Waals surface area contributed by atoms with Crippen molar-refractivity contribution in [3.8, 4) is 0 Å². The Hall–Kier alpha value is -1.12. The number of ketones is 1. The zero-order valence-corrected chi connectivity index (χ0v) is 6.73. The van der Waals surface area contributed by atoms with Gasteiger partial charge in [-0.1, -0.05) is 0 Å². The lowest BCUT2D eigenvalue weighted by Gasteiger charge is -2.07. The zero-order valence-electron chi connectivity index (χ0n) is 6.73. The summed E-state index contributed by atoms with van der Waals surface area (Å²) in [5.74, 6) is 1.000. The van der Waals surface area contributed by atoms with Crippen LogP contribution in [0.5, 0.6) is 0 Å². The fourth-order valence-corrected chi connectivity index (χ4v) is 2.03. The third-order valence-corrected chi connectivity index (χ3v) is 2.83. The fourth-order valence-electron chi connectivity index (χ4n) is 2.03. The average Bonchev–Trinajstić information content (AvgIpc) is 2.68. The molecular weight excluding hydrogens is 152 g/mol. The maximum absolute atomic E-state index is 11.4. The number of hydrogen-bond donors (Lipinski definition) is 0. The summed E-state index contributed by atoms with van der Waals surface area (Å²) in [6, 6.07) is 2.22. The standard InChI is InChI=1S/C9H10N2O/c12-9-5-8(6-1-2-6)11-7(9)3-4-10-11/h3-4,6,8H,1-2,5H2. The van der Waals surface area contributed by atoms with Crippen LogP contribution in [0.25, 0.3) is 0 Å². The van der Waals surface area contributed by atoms with Crippen LogP contribution in [0.15, 0.2) is 12.3 Å². The number of aromatic nitrogens is 2. The minimum absolute atomic E-state index is 0.268. The summed E-state index contributed by atoms with van der Waals surface area (Å²) in [6.07, 6.45) is 4.96. The van der Waals surface area contributed by atoms with Crippen molar-refractivity contribution in [3.63, 3.8) is 0 Å². The van der Waals surface area contributed by atoms with Crippen LogP contribution in [0.3, 0.4) is 0 Å². The molecule has 3 heteroatoms. The number of carbonyl (C=O) groups is 1. The molecule has 1 aromatic rings. The first-order chi connectivity index (χ1) is 5.86. The third kappa shape index (κ3) is 0.709. The normalized spacial score (nSPS) is 27.7. The lowest BCUT2D eigenvalue weighted by Crippen LogP contribution is -2.06. The summed E-state index contributed by atoms with van der Waals surface area (Å²) in [6.45, 7) is 0. The van der Waals surface area contributed by atoms with E-state index in [4.69, 9.17) is 0 Å². The maximum atomic E-state index is 11.4. The molecule has 3 nitrogen and oxygen atoms in total. The Morgan fingerprint density at radius 3 is 3.08 bits per heavy atom. The third-order valence-electron chi connectivity index (χ3n) is 2.83. The molecule has 1 aliphatic carbocycles. The van der Waals surface area contributed by atoms with E-state index < -0.39 is 0 Å². The van der Waals surface area contributed by atoms with Crippen molar-refractivity contribution in [2.75, 3.05) is 0 Å². The molecule has 0 radical (unpaired) electrons. The highest BCUT2D eigenvalue weighted by molar-refractivity contribution is 5.96. The predicted molar refractivity (Wildman–Crippen MR) is 42.9 cm³/mol. The number of rotatable bonds is 1. The molecule has 3 rings (SSSR count). The highest BCUT2D eigenvalue weighted by atomic mass is 16.1. The van der Waals surface area contributed by atoms with Gasteiger partial charge in [-0.2, -0.15) is 5.10 Å². The number of Topliss-reactive ketones (excluding diaryl/α,β-unsaturated/α-hetero) is 1. The van der Waals surface area contributed by atoms with E-state index in [1.54, 1.807) is 6.20 Å². The molecule has 0 aromatic carbocycles. The molecule has 1 fully saturated rings. The van der Waals surface area contributed by atoms with Gasteiger partial charge < -0.3 is 0 Å². The van der Waals surface area contributed by atoms with Crippen LogP contribution in [-0.4, -0.2) is 15.6 Å². The van der Waals surface area contributed by atoms with Crippen molar-refractivity contribution in [1.29, 1.82) is 0 Å². The monoisotopic (exact) mass is 162 g/mol. The van der Waals surface area contributed by atoms with E-state index in [1.165, 1.54) is 12.8 Å². The van der Waals surface area contributed by atoms with Gasteiger partial charge in [0.2, 0.25) is 0 Å². The Morgan fingerprint density at radius 2 is 2.33 bits per heavy atom. The molecule has 1 aliphatic heterocycles. The summed E-state index contributed by atoms with van der Waals surface area (Å²) < 4.78 is 1.92.